The second-order valence-electron chi connectivity index (χ2n) is 16.1. The van der Waals surface area contributed by atoms with E-state index in [-0.39, 0.29) is 10.8 Å². The first-order chi connectivity index (χ1) is 25.8. The van der Waals surface area contributed by atoms with E-state index in [9.17, 15) is 0 Å². The van der Waals surface area contributed by atoms with Crippen LogP contribution in [0, 0.1) is 0 Å². The van der Waals surface area contributed by atoms with Gasteiger partial charge in [0.25, 0.3) is 0 Å². The Bertz CT molecular complexity index is 3000. The van der Waals surface area contributed by atoms with Crippen LogP contribution in [-0.4, -0.2) is 0 Å². The molecule has 1 nitrogen and oxygen atoms in total. The van der Waals surface area contributed by atoms with Gasteiger partial charge in [0, 0.05) is 27.9 Å². The fourth-order valence-corrected chi connectivity index (χ4v) is 10.0. The summed E-state index contributed by atoms with van der Waals surface area (Å²) in [5.41, 5.74) is 14.4. The average molecular weight is 678 g/mol. The van der Waals surface area contributed by atoms with Crippen molar-refractivity contribution in [2.24, 2.45) is 0 Å². The fourth-order valence-electron chi connectivity index (χ4n) is 10.0. The lowest BCUT2D eigenvalue weighted by Gasteiger charge is -2.28. The van der Waals surface area contributed by atoms with E-state index >= 15 is 0 Å². The molecule has 2 aliphatic carbocycles. The summed E-state index contributed by atoms with van der Waals surface area (Å²) in [6.45, 7) is 9.55. The molecule has 0 aromatic heterocycles. The Balaban J connectivity index is 1.12. The lowest BCUT2D eigenvalue weighted by atomic mass is 9.79. The fraction of sp³-hybridized carbons (Fsp3) is 0.115. The van der Waals surface area contributed by atoms with Gasteiger partial charge in [-0.05, 0) is 136 Å². The third kappa shape index (κ3) is 4.14. The van der Waals surface area contributed by atoms with Crippen molar-refractivity contribution in [2.75, 3.05) is 4.90 Å². The summed E-state index contributed by atoms with van der Waals surface area (Å²) in [4.78, 5) is 2.43. The molecule has 2 aliphatic rings. The molecule has 0 aliphatic heterocycles. The van der Waals surface area contributed by atoms with E-state index in [1.54, 1.807) is 0 Å². The van der Waals surface area contributed by atoms with Crippen LogP contribution in [0.3, 0.4) is 0 Å². The van der Waals surface area contributed by atoms with Gasteiger partial charge in [-0.3, -0.25) is 0 Å². The summed E-state index contributed by atoms with van der Waals surface area (Å²) < 4.78 is 0. The van der Waals surface area contributed by atoms with Crippen LogP contribution >= 0.6 is 0 Å². The number of nitrogens with zero attached hydrogens (tertiary/aromatic N) is 1. The maximum Gasteiger partial charge on any atom is 0.0468 e. The monoisotopic (exact) mass is 677 g/mol. The highest BCUT2D eigenvalue weighted by atomic mass is 15.1. The second kappa shape index (κ2) is 10.7. The number of benzene rings is 9. The lowest BCUT2D eigenvalue weighted by Crippen LogP contribution is -2.16. The average Bonchev–Trinajstić information content (AvgIpc) is 3.57. The van der Waals surface area contributed by atoms with E-state index in [0.717, 1.165) is 17.1 Å². The van der Waals surface area contributed by atoms with Crippen LogP contribution < -0.4 is 4.90 Å². The lowest BCUT2D eigenvalue weighted by molar-refractivity contribution is 0.661. The predicted molar refractivity (Wildman–Crippen MR) is 226 cm³/mol. The van der Waals surface area contributed by atoms with Crippen molar-refractivity contribution in [3.05, 3.63) is 186 Å². The summed E-state index contributed by atoms with van der Waals surface area (Å²) in [6, 6.07) is 61.4. The van der Waals surface area contributed by atoms with Gasteiger partial charge in [0.2, 0.25) is 0 Å². The van der Waals surface area contributed by atoms with Crippen molar-refractivity contribution in [2.45, 2.75) is 38.5 Å². The molecule has 11 rings (SSSR count). The van der Waals surface area contributed by atoms with Gasteiger partial charge < -0.3 is 4.90 Å². The largest absolute Gasteiger partial charge is 0.310 e. The molecule has 0 amide bonds. The smallest absolute Gasteiger partial charge is 0.0468 e. The van der Waals surface area contributed by atoms with E-state index in [0.29, 0.717) is 0 Å². The SMILES string of the molecule is CC1(C)c2cc3cc(N(c4ccccc4)c4ccc5c6c(c7ccccc7c5c4)-c4ccccc4C6(C)C)ccc3cc2-c2c1ccc1ccccc21. The third-order valence-electron chi connectivity index (χ3n) is 12.5. The summed E-state index contributed by atoms with van der Waals surface area (Å²) >= 11 is 0. The summed E-state index contributed by atoms with van der Waals surface area (Å²) in [6.07, 6.45) is 0. The Labute approximate surface area is 310 Å². The minimum atomic E-state index is -0.104. The number of fused-ring (bicyclic) bond motifs is 14. The molecule has 0 N–H and O–H groups in total. The molecule has 9 aromatic rings. The number of para-hydroxylation sites is 1. The van der Waals surface area contributed by atoms with Crippen molar-refractivity contribution in [3.63, 3.8) is 0 Å². The maximum absolute atomic E-state index is 2.46. The Morgan fingerprint density at radius 2 is 1.02 bits per heavy atom. The van der Waals surface area contributed by atoms with Gasteiger partial charge in [-0.15, -0.1) is 0 Å². The Kier molecular flexibility index (Phi) is 6.14. The van der Waals surface area contributed by atoms with Gasteiger partial charge in [0.1, 0.15) is 0 Å². The van der Waals surface area contributed by atoms with E-state index in [4.69, 9.17) is 0 Å². The molecule has 252 valence electrons. The molecule has 0 fully saturated rings. The predicted octanol–water partition coefficient (Wildman–Crippen LogP) is 14.4. The molecule has 0 radical (unpaired) electrons. The zero-order valence-electron chi connectivity index (χ0n) is 30.5. The van der Waals surface area contributed by atoms with Crippen molar-refractivity contribution in [3.8, 4) is 22.3 Å². The second-order valence-corrected chi connectivity index (χ2v) is 16.1. The molecule has 0 unspecified atom stereocenters. The van der Waals surface area contributed by atoms with E-state index in [1.807, 2.05) is 0 Å². The molecule has 9 aromatic carbocycles. The van der Waals surface area contributed by atoms with Crippen LogP contribution in [-0.2, 0) is 10.8 Å². The Hall–Kier alpha value is -6.18. The molecular formula is C52H39N. The topological polar surface area (TPSA) is 3.24 Å². The highest BCUT2D eigenvalue weighted by Crippen LogP contribution is 2.56. The molecular weight excluding hydrogens is 639 g/mol. The first kappa shape index (κ1) is 30.4. The first-order valence-corrected chi connectivity index (χ1v) is 18.9. The van der Waals surface area contributed by atoms with Crippen LogP contribution in [0.25, 0.3) is 65.3 Å². The van der Waals surface area contributed by atoms with E-state index in [1.165, 1.54) is 87.6 Å². The van der Waals surface area contributed by atoms with Crippen LogP contribution in [0.2, 0.25) is 0 Å². The van der Waals surface area contributed by atoms with Gasteiger partial charge >= 0.3 is 0 Å². The van der Waals surface area contributed by atoms with Crippen LogP contribution in [0.1, 0.15) is 49.9 Å². The van der Waals surface area contributed by atoms with Crippen LogP contribution in [0.5, 0.6) is 0 Å². The molecule has 0 bridgehead atoms. The number of anilines is 3. The highest BCUT2D eigenvalue weighted by Gasteiger charge is 2.39. The molecule has 0 saturated heterocycles. The third-order valence-corrected chi connectivity index (χ3v) is 12.5. The molecule has 0 atom stereocenters. The van der Waals surface area contributed by atoms with E-state index in [2.05, 4.69) is 196 Å². The summed E-state index contributed by atoms with van der Waals surface area (Å²) in [5.74, 6) is 0. The van der Waals surface area contributed by atoms with Gasteiger partial charge in [-0.1, -0.05) is 143 Å². The molecule has 0 spiro atoms. The van der Waals surface area contributed by atoms with Gasteiger partial charge in [-0.2, -0.15) is 0 Å². The van der Waals surface area contributed by atoms with Crippen molar-refractivity contribution in [1.82, 2.24) is 0 Å². The molecule has 1 heteroatoms. The van der Waals surface area contributed by atoms with Crippen molar-refractivity contribution in [1.29, 1.82) is 0 Å². The summed E-state index contributed by atoms with van der Waals surface area (Å²) in [7, 11) is 0. The number of rotatable bonds is 3. The summed E-state index contributed by atoms with van der Waals surface area (Å²) in [5, 5.41) is 10.4. The molecule has 53 heavy (non-hydrogen) atoms. The quantitative estimate of drug-likeness (QED) is 0.168. The highest BCUT2D eigenvalue weighted by molar-refractivity contribution is 6.19. The number of hydrogen-bond donors (Lipinski definition) is 0. The van der Waals surface area contributed by atoms with Crippen LogP contribution in [0.4, 0.5) is 17.1 Å². The first-order valence-electron chi connectivity index (χ1n) is 18.9. The van der Waals surface area contributed by atoms with Crippen molar-refractivity contribution < 1.29 is 0 Å². The zero-order chi connectivity index (χ0) is 35.6. The Morgan fingerprint density at radius 3 is 1.87 bits per heavy atom. The number of hydrogen-bond acceptors (Lipinski definition) is 1. The maximum atomic E-state index is 2.46. The van der Waals surface area contributed by atoms with Crippen LogP contribution in [0.15, 0.2) is 164 Å². The normalized spacial score (nSPS) is 14.7. The van der Waals surface area contributed by atoms with Gasteiger partial charge in [0.05, 0.1) is 0 Å². The molecule has 0 saturated carbocycles. The molecule has 0 heterocycles. The minimum absolute atomic E-state index is 0.0922. The van der Waals surface area contributed by atoms with Crippen molar-refractivity contribution >= 4 is 60.2 Å². The zero-order valence-corrected chi connectivity index (χ0v) is 30.5. The van der Waals surface area contributed by atoms with E-state index < -0.39 is 0 Å². The van der Waals surface area contributed by atoms with Gasteiger partial charge in [-0.25, -0.2) is 0 Å². The minimum Gasteiger partial charge on any atom is -0.310 e. The Morgan fingerprint density at radius 1 is 0.340 bits per heavy atom. The standard InChI is InChI=1S/C52H39N/c1-51(2)46-27-23-32-14-8-9-17-38(32)48(46)44-29-33-22-24-36(28-34(33)30-47(44)51)53(35-15-6-5-7-16-35)37-25-26-41-43(31-37)39-18-10-11-19-40(39)49-42-20-12-13-21-45(42)52(3,4)50(41)49/h5-31H,1-4H3. The van der Waals surface area contributed by atoms with Gasteiger partial charge in [0.15, 0.2) is 0 Å².